The van der Waals surface area contributed by atoms with Crippen molar-refractivity contribution in [2.24, 2.45) is 0 Å². The molecule has 0 aliphatic carbocycles. The second kappa shape index (κ2) is 11.4. The van der Waals surface area contributed by atoms with Crippen LogP contribution in [0.25, 0.3) is 10.6 Å². The Morgan fingerprint density at radius 2 is 1.83 bits per heavy atom. The van der Waals surface area contributed by atoms with Crippen LogP contribution in [0.3, 0.4) is 0 Å². The van der Waals surface area contributed by atoms with Gasteiger partial charge in [-0.2, -0.15) is 0 Å². The fourth-order valence-electron chi connectivity index (χ4n) is 2.86. The summed E-state index contributed by atoms with van der Waals surface area (Å²) in [7, 11) is 0. The van der Waals surface area contributed by atoms with E-state index in [9.17, 15) is 9.18 Å². The van der Waals surface area contributed by atoms with Gasteiger partial charge in [0, 0.05) is 17.5 Å². The zero-order valence-corrected chi connectivity index (χ0v) is 17.1. The minimum atomic E-state index is -0.280. The average Bonchev–Trinajstić information content (AvgIpc) is 3.22. The molecule has 6 heteroatoms. The molecule has 0 spiro atoms. The number of amides is 1. The monoisotopic (exact) mass is 412 g/mol. The molecular weight excluding hydrogens is 387 g/mol. The maximum Gasteiger partial charge on any atom is 0.246 e. The molecule has 0 bridgehead atoms. The summed E-state index contributed by atoms with van der Waals surface area (Å²) in [5.74, 6) is -0.406. The van der Waals surface area contributed by atoms with Crippen LogP contribution in [0.4, 0.5) is 4.39 Å². The highest BCUT2D eigenvalue weighted by molar-refractivity contribution is 7.13. The van der Waals surface area contributed by atoms with Crippen LogP contribution in [0.15, 0.2) is 60.0 Å². The Balaban J connectivity index is 1.23. The molecule has 1 heterocycles. The van der Waals surface area contributed by atoms with Crippen LogP contribution in [-0.4, -0.2) is 24.0 Å². The molecule has 0 saturated heterocycles. The third kappa shape index (κ3) is 7.40. The van der Waals surface area contributed by atoms with Gasteiger partial charge in [0.25, 0.3) is 0 Å². The number of hydrogen-bond acceptors (Lipinski definition) is 4. The van der Waals surface area contributed by atoms with E-state index in [0.29, 0.717) is 13.2 Å². The molecule has 0 aliphatic heterocycles. The van der Waals surface area contributed by atoms with Gasteiger partial charge in [0.1, 0.15) is 17.4 Å². The maximum absolute atomic E-state index is 12.8. The Kier molecular flexibility index (Phi) is 8.34. The number of aromatic nitrogens is 1. The standard InChI is InChI=1S/C23H25FN2O2S/c24-20-12-10-18(11-13-20)15-28-16-22(27)25-14-6-2-5-9-21-17-29-23(26-21)19-7-3-1-4-8-19/h1,3-4,7-8,10-13,17H,2,5-6,9,14-16H2,(H,25,27). The van der Waals surface area contributed by atoms with Crippen molar-refractivity contribution in [1.29, 1.82) is 0 Å². The van der Waals surface area contributed by atoms with Crippen LogP contribution >= 0.6 is 11.3 Å². The van der Waals surface area contributed by atoms with E-state index in [-0.39, 0.29) is 18.3 Å². The summed E-state index contributed by atoms with van der Waals surface area (Å²) in [5, 5.41) is 6.06. The molecule has 4 nitrogen and oxygen atoms in total. The van der Waals surface area contributed by atoms with E-state index in [1.807, 2.05) is 18.2 Å². The SMILES string of the molecule is O=C(COCc1ccc(F)cc1)NCCCCCc1csc(-c2ccccc2)n1. The van der Waals surface area contributed by atoms with E-state index in [4.69, 9.17) is 9.72 Å². The first kappa shape index (κ1) is 21.1. The van der Waals surface area contributed by atoms with Crippen LogP contribution < -0.4 is 5.32 Å². The van der Waals surface area contributed by atoms with Gasteiger partial charge in [0.15, 0.2) is 0 Å². The number of aryl methyl sites for hydroxylation is 1. The molecule has 2 aromatic carbocycles. The first-order valence-electron chi connectivity index (χ1n) is 9.79. The summed E-state index contributed by atoms with van der Waals surface area (Å²) in [6, 6.07) is 16.3. The van der Waals surface area contributed by atoms with Crippen LogP contribution in [0.1, 0.15) is 30.5 Å². The summed E-state index contributed by atoms with van der Waals surface area (Å²) in [5.41, 5.74) is 3.14. The number of halogens is 1. The second-order valence-electron chi connectivity index (χ2n) is 6.79. The first-order chi connectivity index (χ1) is 14.2. The molecule has 152 valence electrons. The molecule has 0 saturated carbocycles. The Morgan fingerprint density at radius 1 is 1.03 bits per heavy atom. The third-order valence-corrected chi connectivity index (χ3v) is 5.36. The fourth-order valence-corrected chi connectivity index (χ4v) is 3.72. The number of nitrogens with zero attached hydrogens (tertiary/aromatic N) is 1. The molecule has 0 unspecified atom stereocenters. The molecule has 29 heavy (non-hydrogen) atoms. The summed E-state index contributed by atoms with van der Waals surface area (Å²) in [4.78, 5) is 16.5. The van der Waals surface area contributed by atoms with Gasteiger partial charge in [-0.25, -0.2) is 9.37 Å². The predicted molar refractivity (Wildman–Crippen MR) is 114 cm³/mol. The smallest absolute Gasteiger partial charge is 0.246 e. The molecule has 0 fully saturated rings. The van der Waals surface area contributed by atoms with Crippen molar-refractivity contribution < 1.29 is 13.9 Å². The maximum atomic E-state index is 12.8. The second-order valence-corrected chi connectivity index (χ2v) is 7.65. The molecule has 1 aromatic heterocycles. The Morgan fingerprint density at radius 3 is 2.62 bits per heavy atom. The van der Waals surface area contributed by atoms with Gasteiger partial charge in [-0.1, -0.05) is 48.9 Å². The number of hydrogen-bond donors (Lipinski definition) is 1. The zero-order chi connectivity index (χ0) is 20.3. The highest BCUT2D eigenvalue weighted by Crippen LogP contribution is 2.23. The lowest BCUT2D eigenvalue weighted by Gasteiger charge is -2.06. The van der Waals surface area contributed by atoms with Gasteiger partial charge in [-0.15, -0.1) is 11.3 Å². The van der Waals surface area contributed by atoms with Gasteiger partial charge in [-0.3, -0.25) is 4.79 Å². The van der Waals surface area contributed by atoms with Crippen molar-refractivity contribution in [1.82, 2.24) is 10.3 Å². The van der Waals surface area contributed by atoms with Crippen molar-refractivity contribution in [3.63, 3.8) is 0 Å². The van der Waals surface area contributed by atoms with Crippen LogP contribution in [0.2, 0.25) is 0 Å². The van der Waals surface area contributed by atoms with Gasteiger partial charge >= 0.3 is 0 Å². The van der Waals surface area contributed by atoms with Gasteiger partial charge in [0.05, 0.1) is 12.3 Å². The summed E-state index contributed by atoms with van der Waals surface area (Å²) in [6.07, 6.45) is 3.97. The summed E-state index contributed by atoms with van der Waals surface area (Å²) >= 11 is 1.68. The topological polar surface area (TPSA) is 51.2 Å². The summed E-state index contributed by atoms with van der Waals surface area (Å²) in [6.45, 7) is 0.954. The lowest BCUT2D eigenvalue weighted by molar-refractivity contribution is -0.126. The Hall–Kier alpha value is -2.57. The van der Waals surface area contributed by atoms with Gasteiger partial charge in [-0.05, 0) is 37.0 Å². The highest BCUT2D eigenvalue weighted by Gasteiger charge is 2.05. The number of carbonyl (C=O) groups excluding carboxylic acids is 1. The van der Waals surface area contributed by atoms with Crippen molar-refractivity contribution in [2.45, 2.75) is 32.3 Å². The number of carbonyl (C=O) groups is 1. The third-order valence-electron chi connectivity index (χ3n) is 4.42. The lowest BCUT2D eigenvalue weighted by atomic mass is 10.1. The molecule has 1 N–H and O–H groups in total. The number of rotatable bonds is 11. The molecule has 1 amide bonds. The van der Waals surface area contributed by atoms with E-state index in [0.717, 1.165) is 47.5 Å². The molecule has 3 aromatic rings. The van der Waals surface area contributed by atoms with Crippen molar-refractivity contribution in [3.05, 3.63) is 77.1 Å². The number of benzene rings is 2. The number of thiazole rings is 1. The van der Waals surface area contributed by atoms with E-state index >= 15 is 0 Å². The zero-order valence-electron chi connectivity index (χ0n) is 16.3. The van der Waals surface area contributed by atoms with Crippen molar-refractivity contribution >= 4 is 17.2 Å². The minimum Gasteiger partial charge on any atom is -0.367 e. The molecular formula is C23H25FN2O2S. The van der Waals surface area contributed by atoms with Crippen LogP contribution in [-0.2, 0) is 22.6 Å². The fraction of sp³-hybridized carbons (Fsp3) is 0.304. The highest BCUT2D eigenvalue weighted by atomic mass is 32.1. The predicted octanol–water partition coefficient (Wildman–Crippen LogP) is 5.00. The van der Waals surface area contributed by atoms with Crippen molar-refractivity contribution in [3.8, 4) is 10.6 Å². The molecule has 0 radical (unpaired) electrons. The van der Waals surface area contributed by atoms with Crippen LogP contribution in [0, 0.1) is 5.82 Å². The van der Waals surface area contributed by atoms with E-state index < -0.39 is 0 Å². The van der Waals surface area contributed by atoms with Crippen molar-refractivity contribution in [2.75, 3.05) is 13.2 Å². The lowest BCUT2D eigenvalue weighted by Crippen LogP contribution is -2.28. The normalized spacial score (nSPS) is 10.8. The minimum absolute atomic E-state index is 0.0124. The first-order valence-corrected chi connectivity index (χ1v) is 10.7. The number of unbranched alkanes of at least 4 members (excludes halogenated alkanes) is 2. The quantitative estimate of drug-likeness (QED) is 0.451. The number of ether oxygens (including phenoxy) is 1. The van der Waals surface area contributed by atoms with Crippen LogP contribution in [0.5, 0.6) is 0 Å². The molecule has 3 rings (SSSR count). The number of nitrogens with one attached hydrogen (secondary N) is 1. The van der Waals surface area contributed by atoms with Gasteiger partial charge < -0.3 is 10.1 Å². The summed E-state index contributed by atoms with van der Waals surface area (Å²) < 4.78 is 18.2. The Labute approximate surface area is 174 Å². The van der Waals surface area contributed by atoms with Gasteiger partial charge in [0.2, 0.25) is 5.91 Å². The molecule has 0 atom stereocenters. The Bertz CT molecular complexity index is 881. The van der Waals surface area contributed by atoms with E-state index in [1.165, 1.54) is 12.1 Å². The average molecular weight is 413 g/mol. The van der Waals surface area contributed by atoms with E-state index in [2.05, 4.69) is 22.8 Å². The van der Waals surface area contributed by atoms with E-state index in [1.54, 1.807) is 23.5 Å². The molecule has 0 aliphatic rings. The largest absolute Gasteiger partial charge is 0.367 e.